The summed E-state index contributed by atoms with van der Waals surface area (Å²) in [5.74, 6) is -0.861. The molecule has 0 bridgehead atoms. The van der Waals surface area contributed by atoms with Crippen molar-refractivity contribution in [2.24, 2.45) is 0 Å². The van der Waals surface area contributed by atoms with E-state index in [4.69, 9.17) is 14.6 Å². The van der Waals surface area contributed by atoms with Crippen LogP contribution in [0.2, 0.25) is 0 Å². The number of carbonyl (C=O) groups excluding carboxylic acids is 3. The van der Waals surface area contributed by atoms with E-state index in [-0.39, 0.29) is 24.8 Å². The summed E-state index contributed by atoms with van der Waals surface area (Å²) in [4.78, 5) is 29.2. The quantitative estimate of drug-likeness (QED) is 0.244. The Morgan fingerprint density at radius 3 is 1.79 bits per heavy atom. The molecule has 0 aliphatic carbocycles. The zero-order chi connectivity index (χ0) is 18.8. The first-order valence-electron chi connectivity index (χ1n) is 6.95. The molecule has 2 fully saturated rings. The molecule has 2 saturated heterocycles. The van der Waals surface area contributed by atoms with E-state index in [0.717, 1.165) is 31.3 Å². The van der Waals surface area contributed by atoms with E-state index >= 15 is 0 Å². The van der Waals surface area contributed by atoms with E-state index in [1.54, 1.807) is 0 Å². The van der Waals surface area contributed by atoms with E-state index < -0.39 is 5.97 Å². The molecular weight excluding hydrogens is 320 g/mol. The highest BCUT2D eigenvalue weighted by Gasteiger charge is 2.23. The van der Waals surface area contributed by atoms with Gasteiger partial charge in [-0.05, 0) is 6.92 Å². The lowest BCUT2D eigenvalue weighted by atomic mass is 10.5. The van der Waals surface area contributed by atoms with Crippen molar-refractivity contribution in [1.82, 2.24) is 0 Å². The fourth-order valence-corrected chi connectivity index (χ4v) is 0.702. The second-order valence-electron chi connectivity index (χ2n) is 3.97. The fourth-order valence-electron chi connectivity index (χ4n) is 0.702. The second kappa shape index (κ2) is 17.1. The molecule has 2 aliphatic rings. The molecule has 2 rings (SSSR count). The van der Waals surface area contributed by atoms with Gasteiger partial charge in [0.05, 0.1) is 26.1 Å². The van der Waals surface area contributed by atoms with E-state index in [1.165, 1.54) is 6.92 Å². The number of epoxide rings is 2. The Morgan fingerprint density at radius 2 is 1.58 bits per heavy atom. The number of aliphatic hydroxyl groups excluding tert-OH is 1. The van der Waals surface area contributed by atoms with Gasteiger partial charge in [-0.25, -0.2) is 9.59 Å². The largest absolute Gasteiger partial charge is 0.460 e. The van der Waals surface area contributed by atoms with Crippen molar-refractivity contribution in [3.05, 3.63) is 38.2 Å². The third-order valence-electron chi connectivity index (χ3n) is 1.95. The molecule has 136 valence electrons. The lowest BCUT2D eigenvalue weighted by Crippen LogP contribution is -2.06. The Bertz CT molecular complexity index is 397. The van der Waals surface area contributed by atoms with Gasteiger partial charge in [-0.1, -0.05) is 19.7 Å². The van der Waals surface area contributed by atoms with Crippen LogP contribution in [-0.2, 0) is 33.3 Å². The fraction of sp³-hybridized carbons (Fsp3) is 0.438. The lowest BCUT2D eigenvalue weighted by molar-refractivity contribution is -0.138. The number of aliphatic hydroxyl groups is 1. The molecule has 2 atom stereocenters. The Morgan fingerprint density at radius 1 is 1.12 bits per heavy atom. The van der Waals surface area contributed by atoms with Crippen LogP contribution in [-0.4, -0.2) is 62.0 Å². The van der Waals surface area contributed by atoms with Crippen LogP contribution in [0.25, 0.3) is 0 Å². The van der Waals surface area contributed by atoms with Crippen LogP contribution in [0.1, 0.15) is 6.92 Å². The molecular formula is C16H24O8. The van der Waals surface area contributed by atoms with Crippen LogP contribution >= 0.6 is 0 Å². The number of carbonyl (C=O) groups is 3. The zero-order valence-corrected chi connectivity index (χ0v) is 13.7. The Balaban J connectivity index is 0. The van der Waals surface area contributed by atoms with Gasteiger partial charge in [0.25, 0.3) is 0 Å². The summed E-state index contributed by atoms with van der Waals surface area (Å²) in [7, 11) is 0. The molecule has 1 N–H and O–H groups in total. The van der Waals surface area contributed by atoms with E-state index in [0.29, 0.717) is 13.2 Å². The molecule has 0 spiro atoms. The second-order valence-corrected chi connectivity index (χ2v) is 3.97. The summed E-state index contributed by atoms with van der Waals surface area (Å²) in [6, 6.07) is 0. The molecule has 0 aromatic heterocycles. The maximum atomic E-state index is 10.3. The first kappa shape index (κ1) is 24.0. The maximum Gasteiger partial charge on any atom is 0.334 e. The molecule has 2 aliphatic heterocycles. The first-order valence-corrected chi connectivity index (χ1v) is 6.95. The molecule has 0 radical (unpaired) electrons. The summed E-state index contributed by atoms with van der Waals surface area (Å²) in [5.41, 5.74) is 0. The molecule has 2 unspecified atom stereocenters. The van der Waals surface area contributed by atoms with Crippen molar-refractivity contribution >= 4 is 18.2 Å². The summed E-state index contributed by atoms with van der Waals surface area (Å²) in [6.07, 6.45) is 4.36. The predicted octanol–water partition coefficient (Wildman–Crippen LogP) is 0.556. The highest BCUT2D eigenvalue weighted by atomic mass is 16.6. The van der Waals surface area contributed by atoms with Gasteiger partial charge in [-0.15, -0.1) is 0 Å². The van der Waals surface area contributed by atoms with Gasteiger partial charge in [-0.2, -0.15) is 0 Å². The minimum atomic E-state index is -0.477. The maximum absolute atomic E-state index is 10.3. The summed E-state index contributed by atoms with van der Waals surface area (Å²) in [6.45, 7) is 13.0. The minimum absolute atomic E-state index is 0.147. The molecule has 0 aromatic rings. The van der Waals surface area contributed by atoms with Crippen molar-refractivity contribution in [3.8, 4) is 0 Å². The Kier molecular flexibility index (Phi) is 17.0. The molecule has 8 nitrogen and oxygen atoms in total. The average Bonchev–Trinajstić information content (AvgIpc) is 3.48. The van der Waals surface area contributed by atoms with Crippen LogP contribution in [0.4, 0.5) is 0 Å². The van der Waals surface area contributed by atoms with Crippen LogP contribution in [0.5, 0.6) is 0 Å². The monoisotopic (exact) mass is 344 g/mol. The molecule has 0 aromatic carbocycles. The van der Waals surface area contributed by atoms with Gasteiger partial charge in [0, 0.05) is 12.2 Å². The van der Waals surface area contributed by atoms with Crippen molar-refractivity contribution in [2.75, 3.05) is 26.4 Å². The predicted molar refractivity (Wildman–Crippen MR) is 85.9 cm³/mol. The number of rotatable bonds is 6. The molecule has 2 heterocycles. The van der Waals surface area contributed by atoms with Crippen molar-refractivity contribution < 1.29 is 38.4 Å². The first-order chi connectivity index (χ1) is 11.5. The van der Waals surface area contributed by atoms with Crippen molar-refractivity contribution in [1.29, 1.82) is 0 Å². The topological polar surface area (TPSA) is 115 Å². The zero-order valence-electron chi connectivity index (χ0n) is 13.7. The highest BCUT2D eigenvalue weighted by Crippen LogP contribution is 2.08. The number of esters is 2. The summed E-state index contributed by atoms with van der Waals surface area (Å²) in [5, 5.41) is 8.08. The standard InChI is InChI=1S/C6H8O3.C5H6O2.C3H6O2.C2H4O/c1-2-6(7)9-4-5-3-8-5;1-3-5(6)7-4-2;4-1-3-2-5-3;1-2-3/h2,5H,1,3-4H2;3-4H,1-2H2;3-4H,1-2H2;2H,1H3. The number of hydrogen-bond acceptors (Lipinski definition) is 8. The van der Waals surface area contributed by atoms with Crippen molar-refractivity contribution in [2.45, 2.75) is 19.1 Å². The normalized spacial score (nSPS) is 18.2. The Hall–Kier alpha value is -2.29. The Labute approximate surface area is 141 Å². The van der Waals surface area contributed by atoms with Crippen LogP contribution in [0.3, 0.4) is 0 Å². The number of ether oxygens (including phenoxy) is 4. The van der Waals surface area contributed by atoms with Gasteiger partial charge >= 0.3 is 11.9 Å². The average molecular weight is 344 g/mol. The van der Waals surface area contributed by atoms with Gasteiger partial charge in [0.1, 0.15) is 25.1 Å². The third kappa shape index (κ3) is 22.0. The summed E-state index contributed by atoms with van der Waals surface area (Å²) < 4.78 is 18.2. The van der Waals surface area contributed by atoms with Crippen LogP contribution in [0, 0.1) is 0 Å². The molecule has 24 heavy (non-hydrogen) atoms. The number of aldehydes is 1. The lowest BCUT2D eigenvalue weighted by Gasteiger charge is -1.94. The number of hydrogen-bond donors (Lipinski definition) is 1. The van der Waals surface area contributed by atoms with Gasteiger partial charge in [-0.3, -0.25) is 0 Å². The van der Waals surface area contributed by atoms with Crippen LogP contribution in [0.15, 0.2) is 38.2 Å². The van der Waals surface area contributed by atoms with E-state index in [9.17, 15) is 9.59 Å². The molecule has 0 amide bonds. The van der Waals surface area contributed by atoms with Crippen molar-refractivity contribution in [3.63, 3.8) is 0 Å². The van der Waals surface area contributed by atoms with Gasteiger partial charge < -0.3 is 28.8 Å². The minimum Gasteiger partial charge on any atom is -0.460 e. The summed E-state index contributed by atoms with van der Waals surface area (Å²) >= 11 is 0. The van der Waals surface area contributed by atoms with E-state index in [1.807, 2.05) is 0 Å². The smallest absolute Gasteiger partial charge is 0.334 e. The molecule has 0 saturated carbocycles. The SMILES string of the molecule is C=CC(=O)OCC1CO1.C=COC(=O)C=C.CC=O.OCC1CO1. The molecule has 8 heteroatoms. The van der Waals surface area contributed by atoms with Crippen LogP contribution < -0.4 is 0 Å². The van der Waals surface area contributed by atoms with Gasteiger partial charge in [0.2, 0.25) is 0 Å². The van der Waals surface area contributed by atoms with E-state index in [2.05, 4.69) is 33.9 Å². The third-order valence-corrected chi connectivity index (χ3v) is 1.95. The highest BCUT2D eigenvalue weighted by molar-refractivity contribution is 5.81. The van der Waals surface area contributed by atoms with Gasteiger partial charge in [0.15, 0.2) is 0 Å².